The van der Waals surface area contributed by atoms with Crippen molar-refractivity contribution in [3.05, 3.63) is 63.1 Å². The van der Waals surface area contributed by atoms with Gasteiger partial charge in [0.1, 0.15) is 17.2 Å². The van der Waals surface area contributed by atoms with Crippen LogP contribution in [-0.4, -0.2) is 40.2 Å². The average Bonchev–Trinajstić information content (AvgIpc) is 2.73. The van der Waals surface area contributed by atoms with Crippen LogP contribution in [0, 0.1) is 11.6 Å². The number of pyridine rings is 1. The summed E-state index contributed by atoms with van der Waals surface area (Å²) < 4.78 is 39.2. The maximum absolute atomic E-state index is 13.8. The third kappa shape index (κ3) is 3.81. The Kier molecular flexibility index (Phi) is 5.77. The minimum atomic E-state index is -0.814. The van der Waals surface area contributed by atoms with Gasteiger partial charge in [0.2, 0.25) is 5.43 Å². The molecule has 3 atom stereocenters. The minimum absolute atomic E-state index is 0.0368. The standard InChI is InChI=1S/C20H20F2N3O5P/c1-10-4-5-29-15-9-24-8-13(17(26)18(30-31)16(24)20(28)25(10)15)19(27)23-7-11-2-3-12(21)6-14(11)22/h2-3,6,8,10,15H,4-5,7,9,31H2,1H3,(H,23,27)/t10-,15?/m1/s1. The predicted octanol–water partition coefficient (Wildman–Crippen LogP) is 1.82. The molecule has 3 heterocycles. The number of halogens is 2. The van der Waals surface area contributed by atoms with Crippen LogP contribution >= 0.6 is 9.47 Å². The molecule has 0 spiro atoms. The molecule has 1 fully saturated rings. The number of amides is 2. The van der Waals surface area contributed by atoms with Crippen LogP contribution in [0.2, 0.25) is 0 Å². The van der Waals surface area contributed by atoms with Crippen LogP contribution in [0.15, 0.2) is 29.2 Å². The zero-order valence-electron chi connectivity index (χ0n) is 16.6. The molecule has 0 bridgehead atoms. The number of aromatic nitrogens is 1. The van der Waals surface area contributed by atoms with Crippen molar-refractivity contribution in [3.63, 3.8) is 0 Å². The van der Waals surface area contributed by atoms with Gasteiger partial charge in [0.05, 0.1) is 22.6 Å². The Morgan fingerprint density at radius 1 is 1.35 bits per heavy atom. The molecule has 2 unspecified atom stereocenters. The molecule has 164 valence electrons. The van der Waals surface area contributed by atoms with Crippen LogP contribution < -0.4 is 15.3 Å². The monoisotopic (exact) mass is 451 g/mol. The van der Waals surface area contributed by atoms with E-state index in [0.29, 0.717) is 19.1 Å². The van der Waals surface area contributed by atoms with Gasteiger partial charge in [-0.1, -0.05) is 6.07 Å². The predicted molar refractivity (Wildman–Crippen MR) is 109 cm³/mol. The lowest BCUT2D eigenvalue weighted by molar-refractivity contribution is -0.112. The maximum Gasteiger partial charge on any atom is 0.276 e. The van der Waals surface area contributed by atoms with Crippen LogP contribution in [0.25, 0.3) is 0 Å². The molecular formula is C20H20F2N3O5P. The first-order chi connectivity index (χ1) is 14.8. The molecule has 0 radical (unpaired) electrons. The fraction of sp³-hybridized carbons (Fsp3) is 0.350. The van der Waals surface area contributed by atoms with E-state index in [9.17, 15) is 23.2 Å². The van der Waals surface area contributed by atoms with Crippen LogP contribution in [0.1, 0.15) is 39.8 Å². The Morgan fingerprint density at radius 2 is 2.13 bits per heavy atom. The van der Waals surface area contributed by atoms with Gasteiger partial charge in [0, 0.05) is 30.4 Å². The average molecular weight is 451 g/mol. The summed E-state index contributed by atoms with van der Waals surface area (Å²) >= 11 is 0. The SMILES string of the molecule is C[C@@H]1CCOC2Cn3cc(C(=O)NCc4ccc(F)cc4F)c(=O)c(OP)c3C(=O)N21. The Bertz CT molecular complexity index is 1120. The number of hydrogen-bond donors (Lipinski definition) is 1. The summed E-state index contributed by atoms with van der Waals surface area (Å²) in [5.41, 5.74) is -0.940. The van der Waals surface area contributed by atoms with Gasteiger partial charge < -0.3 is 24.0 Å². The van der Waals surface area contributed by atoms with Crippen molar-refractivity contribution in [1.29, 1.82) is 0 Å². The van der Waals surface area contributed by atoms with E-state index in [1.54, 1.807) is 4.90 Å². The second-order valence-corrected chi connectivity index (χ2v) is 7.65. The Labute approximate surface area is 178 Å². The van der Waals surface area contributed by atoms with E-state index in [1.165, 1.54) is 16.8 Å². The molecule has 4 rings (SSSR count). The van der Waals surface area contributed by atoms with E-state index in [1.807, 2.05) is 16.4 Å². The highest BCUT2D eigenvalue weighted by molar-refractivity contribution is 7.10. The van der Waals surface area contributed by atoms with E-state index < -0.39 is 35.1 Å². The van der Waals surface area contributed by atoms with Crippen molar-refractivity contribution in [3.8, 4) is 5.75 Å². The lowest BCUT2D eigenvalue weighted by Gasteiger charge is -2.44. The molecule has 1 aromatic carbocycles. The molecule has 31 heavy (non-hydrogen) atoms. The summed E-state index contributed by atoms with van der Waals surface area (Å²) in [6.45, 7) is 2.37. The van der Waals surface area contributed by atoms with Gasteiger partial charge in [-0.25, -0.2) is 8.78 Å². The minimum Gasteiger partial charge on any atom is -0.474 e. The second kappa shape index (κ2) is 8.36. The number of benzene rings is 1. The van der Waals surface area contributed by atoms with Gasteiger partial charge in [0.15, 0.2) is 17.7 Å². The second-order valence-electron chi connectivity index (χ2n) is 7.41. The summed E-state index contributed by atoms with van der Waals surface area (Å²) in [5, 5.41) is 2.45. The third-order valence-corrected chi connectivity index (χ3v) is 5.71. The highest BCUT2D eigenvalue weighted by Gasteiger charge is 2.41. The Morgan fingerprint density at radius 3 is 2.84 bits per heavy atom. The lowest BCUT2D eigenvalue weighted by Crippen LogP contribution is -2.57. The normalized spacial score (nSPS) is 20.1. The zero-order valence-corrected chi connectivity index (χ0v) is 17.7. The van der Waals surface area contributed by atoms with Crippen LogP contribution in [0.3, 0.4) is 0 Å². The van der Waals surface area contributed by atoms with Gasteiger partial charge in [-0.3, -0.25) is 14.4 Å². The smallest absolute Gasteiger partial charge is 0.276 e. The molecule has 1 N–H and O–H groups in total. The van der Waals surface area contributed by atoms with Crippen molar-refractivity contribution in [2.24, 2.45) is 0 Å². The molecule has 1 aromatic heterocycles. The van der Waals surface area contributed by atoms with Crippen molar-refractivity contribution < 1.29 is 27.6 Å². The van der Waals surface area contributed by atoms with Crippen molar-refractivity contribution in [1.82, 2.24) is 14.8 Å². The summed E-state index contributed by atoms with van der Waals surface area (Å²) in [7, 11) is 1.92. The van der Waals surface area contributed by atoms with Gasteiger partial charge in [-0.15, -0.1) is 0 Å². The number of carbonyl (C=O) groups is 2. The zero-order chi connectivity index (χ0) is 22.3. The lowest BCUT2D eigenvalue weighted by atomic mass is 10.1. The van der Waals surface area contributed by atoms with E-state index in [2.05, 4.69) is 5.32 Å². The molecule has 1 saturated heterocycles. The van der Waals surface area contributed by atoms with Gasteiger partial charge in [-0.2, -0.15) is 0 Å². The number of fused-ring (bicyclic) bond motifs is 2. The highest BCUT2D eigenvalue weighted by atomic mass is 31.0. The van der Waals surface area contributed by atoms with Gasteiger partial charge in [0.25, 0.3) is 11.8 Å². The number of nitrogens with zero attached hydrogens (tertiary/aromatic N) is 2. The first kappa shape index (κ1) is 21.4. The van der Waals surface area contributed by atoms with Crippen LogP contribution in [0.5, 0.6) is 5.75 Å². The Hall–Kier alpha value is -2.84. The first-order valence-electron chi connectivity index (χ1n) is 9.62. The molecule has 0 saturated carbocycles. The third-order valence-electron chi connectivity index (χ3n) is 5.48. The quantitative estimate of drug-likeness (QED) is 0.717. The fourth-order valence-electron chi connectivity index (χ4n) is 3.85. The summed E-state index contributed by atoms with van der Waals surface area (Å²) in [6, 6.07) is 2.91. The van der Waals surface area contributed by atoms with Gasteiger partial charge >= 0.3 is 0 Å². The van der Waals surface area contributed by atoms with Crippen molar-refractivity contribution >= 4 is 21.3 Å². The molecule has 2 amide bonds. The summed E-state index contributed by atoms with van der Waals surface area (Å²) in [5.74, 6) is -3.02. The molecule has 2 aliphatic rings. The molecular weight excluding hydrogens is 431 g/mol. The fourth-order valence-corrected chi connectivity index (χ4v) is 4.07. The van der Waals surface area contributed by atoms with E-state index in [4.69, 9.17) is 9.26 Å². The topological polar surface area (TPSA) is 89.9 Å². The van der Waals surface area contributed by atoms with Gasteiger partial charge in [-0.05, 0) is 19.4 Å². The van der Waals surface area contributed by atoms with E-state index in [-0.39, 0.29) is 41.7 Å². The molecule has 0 aliphatic carbocycles. The molecule has 11 heteroatoms. The number of ether oxygens (including phenoxy) is 1. The van der Waals surface area contributed by atoms with E-state index >= 15 is 0 Å². The van der Waals surface area contributed by atoms with Crippen molar-refractivity contribution in [2.75, 3.05) is 6.61 Å². The largest absolute Gasteiger partial charge is 0.474 e. The number of rotatable bonds is 4. The molecule has 2 aliphatic heterocycles. The number of nitrogens with one attached hydrogen (secondary N) is 1. The first-order valence-corrected chi connectivity index (χ1v) is 10.1. The van der Waals surface area contributed by atoms with E-state index in [0.717, 1.165) is 6.07 Å². The summed E-state index contributed by atoms with van der Waals surface area (Å²) in [4.78, 5) is 40.2. The maximum atomic E-state index is 13.8. The molecule has 2 aromatic rings. The number of hydrogen-bond acceptors (Lipinski definition) is 5. The summed E-state index contributed by atoms with van der Waals surface area (Å²) in [6.07, 6.45) is 1.43. The van der Waals surface area contributed by atoms with Crippen LogP contribution in [0.4, 0.5) is 8.78 Å². The highest BCUT2D eigenvalue weighted by Crippen LogP contribution is 2.30. The molecule has 8 nitrogen and oxygen atoms in total. The van der Waals surface area contributed by atoms with Crippen molar-refractivity contribution in [2.45, 2.75) is 38.7 Å². The van der Waals surface area contributed by atoms with Crippen LogP contribution in [-0.2, 0) is 17.8 Å². The Balaban J connectivity index is 1.66. The number of carbonyl (C=O) groups excluding carboxylic acids is 2.